The zero-order valence-corrected chi connectivity index (χ0v) is 15.7. The number of thiazole rings is 1. The van der Waals surface area contributed by atoms with Gasteiger partial charge in [0.15, 0.2) is 5.69 Å². The highest BCUT2D eigenvalue weighted by Crippen LogP contribution is 2.30. The Morgan fingerprint density at radius 1 is 0.893 bits per heavy atom. The molecule has 0 aliphatic rings. The molecule has 2 heterocycles. The third-order valence-corrected chi connectivity index (χ3v) is 4.92. The van der Waals surface area contributed by atoms with Gasteiger partial charge >= 0.3 is 0 Å². The molecule has 7 nitrogen and oxygen atoms in total. The first-order chi connectivity index (χ1) is 13.6. The van der Waals surface area contributed by atoms with Gasteiger partial charge in [-0.05, 0) is 36.4 Å². The first-order valence-electron chi connectivity index (χ1n) is 8.46. The molecule has 0 spiro atoms. The number of amides is 2. The molecule has 2 aromatic heterocycles. The van der Waals surface area contributed by atoms with Crippen molar-refractivity contribution in [2.24, 2.45) is 0 Å². The molecule has 2 N–H and O–H groups in total. The molecule has 0 fully saturated rings. The van der Waals surface area contributed by atoms with Crippen LogP contribution in [0.25, 0.3) is 20.9 Å². The molecule has 0 unspecified atom stereocenters. The Kier molecular flexibility index (Phi) is 4.77. The molecule has 0 bridgehead atoms. The van der Waals surface area contributed by atoms with Crippen LogP contribution in [0.15, 0.2) is 60.9 Å². The van der Waals surface area contributed by atoms with E-state index in [-0.39, 0.29) is 17.5 Å². The molecular weight excluding hydrogens is 374 g/mol. The molecule has 0 aliphatic carbocycles. The second kappa shape index (κ2) is 7.53. The third-order valence-electron chi connectivity index (χ3n) is 3.87. The molecule has 0 saturated carbocycles. The largest absolute Gasteiger partial charge is 0.326 e. The van der Waals surface area contributed by atoms with Crippen LogP contribution in [0.5, 0.6) is 0 Å². The summed E-state index contributed by atoms with van der Waals surface area (Å²) in [4.78, 5) is 37.0. The Bertz CT molecular complexity index is 1140. The van der Waals surface area contributed by atoms with E-state index in [0.717, 1.165) is 10.2 Å². The second-order valence-electron chi connectivity index (χ2n) is 5.95. The number of nitrogens with one attached hydrogen (secondary N) is 2. The van der Waals surface area contributed by atoms with E-state index in [0.29, 0.717) is 22.1 Å². The highest BCUT2D eigenvalue weighted by Gasteiger charge is 2.19. The second-order valence-corrected chi connectivity index (χ2v) is 6.98. The molecule has 4 aromatic rings. The number of benzene rings is 2. The molecule has 138 valence electrons. The van der Waals surface area contributed by atoms with Crippen molar-refractivity contribution in [3.63, 3.8) is 0 Å². The summed E-state index contributed by atoms with van der Waals surface area (Å²) in [6, 6.07) is 14.6. The van der Waals surface area contributed by atoms with Crippen LogP contribution >= 0.6 is 11.3 Å². The maximum absolute atomic E-state index is 12.8. The Morgan fingerprint density at radius 3 is 2.29 bits per heavy atom. The van der Waals surface area contributed by atoms with E-state index in [9.17, 15) is 9.59 Å². The van der Waals surface area contributed by atoms with E-state index >= 15 is 0 Å². The maximum Gasteiger partial charge on any atom is 0.276 e. The minimum Gasteiger partial charge on any atom is -0.326 e. The Morgan fingerprint density at radius 2 is 1.57 bits per heavy atom. The van der Waals surface area contributed by atoms with Gasteiger partial charge in [-0.3, -0.25) is 9.59 Å². The number of carbonyl (C=O) groups excluding carboxylic acids is 2. The first-order valence-corrected chi connectivity index (χ1v) is 9.28. The number of nitrogens with zero attached hydrogens (tertiary/aromatic N) is 3. The van der Waals surface area contributed by atoms with Crippen LogP contribution in [0.1, 0.15) is 17.4 Å². The van der Waals surface area contributed by atoms with Gasteiger partial charge in [-0.15, -0.1) is 11.3 Å². The van der Waals surface area contributed by atoms with Crippen LogP contribution in [-0.2, 0) is 4.79 Å². The number of fused-ring (bicyclic) bond motifs is 1. The lowest BCUT2D eigenvalue weighted by Crippen LogP contribution is -2.15. The van der Waals surface area contributed by atoms with Crippen molar-refractivity contribution < 1.29 is 9.59 Å². The molecule has 2 amide bonds. The first kappa shape index (κ1) is 17.7. The minimum absolute atomic E-state index is 0.156. The maximum atomic E-state index is 12.8. The summed E-state index contributed by atoms with van der Waals surface area (Å²) in [5.74, 6) is -0.536. The van der Waals surface area contributed by atoms with E-state index in [4.69, 9.17) is 0 Å². The van der Waals surface area contributed by atoms with Crippen molar-refractivity contribution in [2.45, 2.75) is 6.92 Å². The fourth-order valence-electron chi connectivity index (χ4n) is 2.66. The molecular formula is C20H15N5O2S. The van der Waals surface area contributed by atoms with Crippen molar-refractivity contribution in [2.75, 3.05) is 10.6 Å². The van der Waals surface area contributed by atoms with Crippen molar-refractivity contribution in [3.05, 3.63) is 66.6 Å². The number of aromatic nitrogens is 3. The Balaban J connectivity index is 1.61. The van der Waals surface area contributed by atoms with Crippen molar-refractivity contribution in [3.8, 4) is 10.7 Å². The number of rotatable bonds is 4. The van der Waals surface area contributed by atoms with Gasteiger partial charge in [-0.25, -0.2) is 15.0 Å². The van der Waals surface area contributed by atoms with Crippen LogP contribution in [0, 0.1) is 0 Å². The van der Waals surface area contributed by atoms with Crippen molar-refractivity contribution >= 4 is 44.7 Å². The van der Waals surface area contributed by atoms with E-state index in [1.807, 2.05) is 24.3 Å². The van der Waals surface area contributed by atoms with Gasteiger partial charge in [-0.2, -0.15) is 0 Å². The summed E-state index contributed by atoms with van der Waals surface area (Å²) < 4.78 is 1.02. The third kappa shape index (κ3) is 3.72. The van der Waals surface area contributed by atoms with Crippen LogP contribution < -0.4 is 10.6 Å². The van der Waals surface area contributed by atoms with Crippen LogP contribution in [0.2, 0.25) is 0 Å². The van der Waals surface area contributed by atoms with Gasteiger partial charge in [0.05, 0.1) is 10.2 Å². The summed E-state index contributed by atoms with van der Waals surface area (Å²) >= 11 is 1.46. The molecule has 0 saturated heterocycles. The Labute approximate surface area is 164 Å². The summed E-state index contributed by atoms with van der Waals surface area (Å²) in [6.07, 6.45) is 3.02. The minimum atomic E-state index is -0.380. The van der Waals surface area contributed by atoms with E-state index < -0.39 is 0 Å². The zero-order valence-electron chi connectivity index (χ0n) is 14.8. The van der Waals surface area contributed by atoms with E-state index in [1.165, 1.54) is 24.5 Å². The lowest BCUT2D eigenvalue weighted by molar-refractivity contribution is -0.114. The molecule has 2 aromatic carbocycles. The summed E-state index contributed by atoms with van der Waals surface area (Å²) in [5, 5.41) is 6.12. The fourth-order valence-corrected chi connectivity index (χ4v) is 3.63. The van der Waals surface area contributed by atoms with Crippen LogP contribution in [0.3, 0.4) is 0 Å². The van der Waals surface area contributed by atoms with Gasteiger partial charge < -0.3 is 10.6 Å². The normalized spacial score (nSPS) is 10.6. The number of hydrogen-bond acceptors (Lipinski definition) is 6. The van der Waals surface area contributed by atoms with Gasteiger partial charge in [0.2, 0.25) is 5.91 Å². The molecule has 28 heavy (non-hydrogen) atoms. The average molecular weight is 389 g/mol. The average Bonchev–Trinajstić information content (AvgIpc) is 3.13. The van der Waals surface area contributed by atoms with Crippen molar-refractivity contribution in [1.82, 2.24) is 15.0 Å². The van der Waals surface area contributed by atoms with Gasteiger partial charge in [0.1, 0.15) is 10.7 Å². The van der Waals surface area contributed by atoms with E-state index in [1.54, 1.807) is 30.5 Å². The molecule has 8 heteroatoms. The van der Waals surface area contributed by atoms with E-state index in [2.05, 4.69) is 25.6 Å². The standard InChI is InChI=1S/C20H15N5O2S/c1-12(26)23-13-6-8-14(9-7-13)24-19(27)17-18(22-11-10-21-17)20-25-15-4-2-3-5-16(15)28-20/h2-11H,1H3,(H,23,26)(H,24,27). The molecule has 0 aliphatic heterocycles. The number of anilines is 2. The quantitative estimate of drug-likeness (QED) is 0.551. The highest BCUT2D eigenvalue weighted by atomic mass is 32.1. The molecule has 0 radical (unpaired) electrons. The predicted molar refractivity (Wildman–Crippen MR) is 109 cm³/mol. The van der Waals surface area contributed by atoms with Gasteiger partial charge in [-0.1, -0.05) is 12.1 Å². The number of hydrogen-bond donors (Lipinski definition) is 2. The highest BCUT2D eigenvalue weighted by molar-refractivity contribution is 7.21. The summed E-state index contributed by atoms with van der Waals surface area (Å²) in [5.41, 5.74) is 2.73. The predicted octanol–water partition coefficient (Wildman–Crippen LogP) is 3.96. The fraction of sp³-hybridized carbons (Fsp3) is 0.0500. The lowest BCUT2D eigenvalue weighted by atomic mass is 10.2. The summed E-state index contributed by atoms with van der Waals surface area (Å²) in [6.45, 7) is 1.44. The van der Waals surface area contributed by atoms with Gasteiger partial charge in [0.25, 0.3) is 5.91 Å². The van der Waals surface area contributed by atoms with Crippen molar-refractivity contribution in [1.29, 1.82) is 0 Å². The molecule has 0 atom stereocenters. The van der Waals surface area contributed by atoms with Crippen LogP contribution in [-0.4, -0.2) is 26.8 Å². The van der Waals surface area contributed by atoms with Gasteiger partial charge in [0, 0.05) is 30.7 Å². The van der Waals surface area contributed by atoms with Crippen LogP contribution in [0.4, 0.5) is 11.4 Å². The Hall–Kier alpha value is -3.65. The topological polar surface area (TPSA) is 96.9 Å². The smallest absolute Gasteiger partial charge is 0.276 e. The SMILES string of the molecule is CC(=O)Nc1ccc(NC(=O)c2nccnc2-c2nc3ccccc3s2)cc1. The zero-order chi connectivity index (χ0) is 19.5. The number of carbonyl (C=O) groups is 2. The molecule has 4 rings (SSSR count). The number of para-hydroxylation sites is 1. The lowest BCUT2D eigenvalue weighted by Gasteiger charge is -2.08. The monoisotopic (exact) mass is 389 g/mol. The summed E-state index contributed by atoms with van der Waals surface area (Å²) in [7, 11) is 0.